The highest BCUT2D eigenvalue weighted by Crippen LogP contribution is 2.25. The lowest BCUT2D eigenvalue weighted by Crippen LogP contribution is -2.12. The fourth-order valence-electron chi connectivity index (χ4n) is 3.01. The average molecular weight is 423 g/mol. The molecule has 152 valence electrons. The van der Waals surface area contributed by atoms with Crippen molar-refractivity contribution in [3.8, 4) is 22.8 Å². The molecule has 0 saturated heterocycles. The molecule has 11 heteroatoms. The third-order valence-electron chi connectivity index (χ3n) is 4.49. The van der Waals surface area contributed by atoms with E-state index in [9.17, 15) is 8.42 Å². The Morgan fingerprint density at radius 1 is 1.03 bits per heavy atom. The van der Waals surface area contributed by atoms with E-state index in [4.69, 9.17) is 10.3 Å². The highest BCUT2D eigenvalue weighted by Gasteiger charge is 2.19. The number of hydrogen-bond donors (Lipinski definition) is 2. The van der Waals surface area contributed by atoms with Crippen LogP contribution in [0, 0.1) is 6.92 Å². The Labute approximate surface area is 171 Å². The van der Waals surface area contributed by atoms with Gasteiger partial charge in [0.1, 0.15) is 11.4 Å². The van der Waals surface area contributed by atoms with E-state index >= 15 is 0 Å². The summed E-state index contributed by atoms with van der Waals surface area (Å²) in [5, 5.41) is 30.3. The summed E-state index contributed by atoms with van der Waals surface area (Å²) in [5.41, 5.74) is 3.65. The fourth-order valence-corrected chi connectivity index (χ4v) is 3.53. The minimum Gasteiger partial charge on any atom is -0.411 e. The zero-order chi connectivity index (χ0) is 21.3. The molecule has 4 rings (SSSR count). The van der Waals surface area contributed by atoms with Crippen molar-refractivity contribution in [1.82, 2.24) is 24.8 Å². The van der Waals surface area contributed by atoms with Crippen molar-refractivity contribution in [1.29, 1.82) is 0 Å². The second kappa shape index (κ2) is 7.54. The van der Waals surface area contributed by atoms with E-state index in [2.05, 4.69) is 20.6 Å². The van der Waals surface area contributed by atoms with Crippen LogP contribution < -0.4 is 5.14 Å². The maximum atomic E-state index is 11.5. The predicted octanol–water partition coefficient (Wildman–Crippen LogP) is 1.88. The smallest absolute Gasteiger partial charge is 0.238 e. The predicted molar refractivity (Wildman–Crippen MR) is 109 cm³/mol. The van der Waals surface area contributed by atoms with E-state index < -0.39 is 10.0 Å². The largest absolute Gasteiger partial charge is 0.411 e. The normalized spacial score (nSPS) is 11.9. The molecule has 0 amide bonds. The van der Waals surface area contributed by atoms with Gasteiger partial charge in [0.2, 0.25) is 10.0 Å². The fraction of sp³-hybridized carbons (Fsp3) is 0.0526. The Bertz CT molecular complexity index is 1320. The highest BCUT2D eigenvalue weighted by molar-refractivity contribution is 7.89. The molecule has 0 bridgehead atoms. The number of para-hydroxylation sites is 1. The molecule has 0 unspecified atom stereocenters. The van der Waals surface area contributed by atoms with E-state index in [1.54, 1.807) is 27.7 Å². The molecule has 2 aromatic carbocycles. The van der Waals surface area contributed by atoms with Crippen LogP contribution in [0.3, 0.4) is 0 Å². The molecule has 2 aromatic heterocycles. The van der Waals surface area contributed by atoms with Crippen molar-refractivity contribution in [2.75, 3.05) is 0 Å². The molecule has 0 radical (unpaired) electrons. The molecule has 0 aliphatic carbocycles. The number of oxime groups is 1. The van der Waals surface area contributed by atoms with Gasteiger partial charge >= 0.3 is 0 Å². The van der Waals surface area contributed by atoms with Crippen LogP contribution in [0.1, 0.15) is 11.3 Å². The number of nitrogens with two attached hydrogens (primary N) is 1. The Balaban J connectivity index is 1.78. The van der Waals surface area contributed by atoms with E-state index in [-0.39, 0.29) is 4.90 Å². The SMILES string of the molecule is Cc1c(-c2nn(-c3ccccc3)cc2/C=N\O)nnn1-c1ccc(S(N)(=O)=O)cc1. The van der Waals surface area contributed by atoms with E-state index in [0.717, 1.165) is 5.69 Å². The van der Waals surface area contributed by atoms with Crippen molar-refractivity contribution in [2.45, 2.75) is 11.8 Å². The highest BCUT2D eigenvalue weighted by atomic mass is 32.2. The Morgan fingerprint density at radius 3 is 2.37 bits per heavy atom. The van der Waals surface area contributed by atoms with Crippen LogP contribution in [-0.4, -0.2) is 44.6 Å². The van der Waals surface area contributed by atoms with Gasteiger partial charge < -0.3 is 5.21 Å². The lowest BCUT2D eigenvalue weighted by atomic mass is 10.2. The topological polar surface area (TPSA) is 141 Å². The summed E-state index contributed by atoms with van der Waals surface area (Å²) in [7, 11) is -3.78. The summed E-state index contributed by atoms with van der Waals surface area (Å²) in [6, 6.07) is 15.5. The second-order valence-corrected chi connectivity index (χ2v) is 7.99. The van der Waals surface area contributed by atoms with Gasteiger partial charge in [-0.3, -0.25) is 0 Å². The van der Waals surface area contributed by atoms with Crippen LogP contribution in [0.5, 0.6) is 0 Å². The summed E-state index contributed by atoms with van der Waals surface area (Å²) < 4.78 is 26.1. The molecule has 4 aromatic rings. The maximum Gasteiger partial charge on any atom is 0.238 e. The first-order valence-corrected chi connectivity index (χ1v) is 10.3. The van der Waals surface area contributed by atoms with Crippen molar-refractivity contribution >= 4 is 16.2 Å². The first-order chi connectivity index (χ1) is 14.4. The number of aromatic nitrogens is 5. The zero-order valence-corrected chi connectivity index (χ0v) is 16.6. The first-order valence-electron chi connectivity index (χ1n) is 8.77. The average Bonchev–Trinajstić information content (AvgIpc) is 3.32. The van der Waals surface area contributed by atoms with Crippen LogP contribution in [0.15, 0.2) is 70.8 Å². The molecule has 30 heavy (non-hydrogen) atoms. The molecule has 0 spiro atoms. The molecular weight excluding hydrogens is 406 g/mol. The molecule has 0 aliphatic heterocycles. The number of primary sulfonamides is 1. The minimum atomic E-state index is -3.78. The van der Waals surface area contributed by atoms with Crippen molar-refractivity contribution < 1.29 is 13.6 Å². The number of hydrogen-bond acceptors (Lipinski definition) is 7. The molecule has 0 aliphatic rings. The Kier molecular flexibility index (Phi) is 4.90. The molecule has 10 nitrogen and oxygen atoms in total. The van der Waals surface area contributed by atoms with Crippen molar-refractivity contribution in [2.24, 2.45) is 10.3 Å². The number of nitrogens with zero attached hydrogens (tertiary/aromatic N) is 6. The van der Waals surface area contributed by atoms with Gasteiger partial charge in [0.25, 0.3) is 0 Å². The Hall–Kier alpha value is -3.83. The monoisotopic (exact) mass is 423 g/mol. The van der Waals surface area contributed by atoms with Crippen LogP contribution in [-0.2, 0) is 10.0 Å². The van der Waals surface area contributed by atoms with Gasteiger partial charge in [-0.15, -0.1) is 5.10 Å². The molecule has 2 heterocycles. The molecule has 0 fully saturated rings. The van der Waals surface area contributed by atoms with Gasteiger partial charge in [0, 0.05) is 11.8 Å². The zero-order valence-electron chi connectivity index (χ0n) is 15.8. The van der Waals surface area contributed by atoms with E-state index in [1.165, 1.54) is 18.3 Å². The first kappa shape index (κ1) is 19.5. The summed E-state index contributed by atoms with van der Waals surface area (Å²) in [4.78, 5) is 0.00675. The third kappa shape index (κ3) is 3.58. The van der Waals surface area contributed by atoms with Gasteiger partial charge in [-0.1, -0.05) is 28.6 Å². The van der Waals surface area contributed by atoms with Crippen LogP contribution in [0.2, 0.25) is 0 Å². The van der Waals surface area contributed by atoms with E-state index in [0.29, 0.717) is 28.3 Å². The maximum absolute atomic E-state index is 11.5. The minimum absolute atomic E-state index is 0.00675. The number of rotatable bonds is 5. The molecule has 0 saturated carbocycles. The lowest BCUT2D eigenvalue weighted by Gasteiger charge is -2.05. The van der Waals surface area contributed by atoms with Gasteiger partial charge in [-0.05, 0) is 43.3 Å². The van der Waals surface area contributed by atoms with Gasteiger partial charge in [-0.2, -0.15) is 5.10 Å². The standard InChI is InChI=1S/C19H17N7O3S/c1-13-18(22-24-26(13)16-7-9-17(10-8-16)30(20,28)29)19-14(11-21-27)12-25(23-19)15-5-3-2-4-6-15/h2-12,27H,1H3,(H2,20,28,29)/b21-11-. The van der Waals surface area contributed by atoms with Crippen molar-refractivity contribution in [3.05, 3.63) is 72.1 Å². The summed E-state index contributed by atoms with van der Waals surface area (Å²) >= 11 is 0. The summed E-state index contributed by atoms with van der Waals surface area (Å²) in [6.07, 6.45) is 3.00. The Morgan fingerprint density at radius 2 is 1.73 bits per heavy atom. The van der Waals surface area contributed by atoms with Crippen LogP contribution >= 0.6 is 0 Å². The van der Waals surface area contributed by atoms with Gasteiger partial charge in [0.05, 0.1) is 28.2 Å². The lowest BCUT2D eigenvalue weighted by molar-refractivity contribution is 0.322. The molecule has 0 atom stereocenters. The summed E-state index contributed by atoms with van der Waals surface area (Å²) in [5.74, 6) is 0. The number of sulfonamides is 1. The quantitative estimate of drug-likeness (QED) is 0.285. The van der Waals surface area contributed by atoms with E-state index in [1.807, 2.05) is 37.3 Å². The van der Waals surface area contributed by atoms with Crippen LogP contribution in [0.25, 0.3) is 22.8 Å². The molecular formula is C19H17N7O3S. The van der Waals surface area contributed by atoms with Crippen LogP contribution in [0.4, 0.5) is 0 Å². The van der Waals surface area contributed by atoms with Gasteiger partial charge in [-0.25, -0.2) is 22.9 Å². The molecule has 3 N–H and O–H groups in total. The van der Waals surface area contributed by atoms with Crippen molar-refractivity contribution in [3.63, 3.8) is 0 Å². The number of benzene rings is 2. The van der Waals surface area contributed by atoms with Gasteiger partial charge in [0.15, 0.2) is 0 Å². The second-order valence-electron chi connectivity index (χ2n) is 6.43. The summed E-state index contributed by atoms with van der Waals surface area (Å²) in [6.45, 7) is 1.81. The third-order valence-corrected chi connectivity index (χ3v) is 5.42.